The van der Waals surface area contributed by atoms with Crippen molar-refractivity contribution >= 4 is 24.4 Å². The Hall–Kier alpha value is -3.95. The Morgan fingerprint density at radius 2 is 2.06 bits per heavy atom. The molecule has 0 saturated carbocycles. The van der Waals surface area contributed by atoms with Crippen LogP contribution in [0.4, 0.5) is 18.9 Å². The number of alkyl halides is 3. The summed E-state index contributed by atoms with van der Waals surface area (Å²) in [7, 11) is 2.81. The second kappa shape index (κ2) is 8.77. The van der Waals surface area contributed by atoms with Crippen LogP contribution in [-0.4, -0.2) is 45.9 Å². The molecule has 0 unspecified atom stereocenters. The molecule has 0 saturated heterocycles. The van der Waals surface area contributed by atoms with Crippen molar-refractivity contribution in [1.82, 2.24) is 19.7 Å². The van der Waals surface area contributed by atoms with Gasteiger partial charge in [0.15, 0.2) is 0 Å². The molecule has 1 aliphatic heterocycles. The Bertz CT molecular complexity index is 1300. The summed E-state index contributed by atoms with van der Waals surface area (Å²) in [4.78, 5) is 22.6. The number of aromatic nitrogens is 3. The topological polar surface area (TPSA) is 72.6 Å². The average molecular weight is 469 g/mol. The first-order chi connectivity index (χ1) is 16.2. The molecule has 4 rings (SSSR count). The molecule has 3 heterocycles. The maximum Gasteiger partial charge on any atom is 0.421 e. The summed E-state index contributed by atoms with van der Waals surface area (Å²) in [5.74, 6) is -0.664. The van der Waals surface area contributed by atoms with Gasteiger partial charge in [-0.25, -0.2) is 4.98 Å². The molecule has 10 heteroatoms. The minimum absolute atomic E-state index is 0.179. The molecule has 1 aromatic carbocycles. The van der Waals surface area contributed by atoms with E-state index in [9.17, 15) is 18.0 Å². The highest BCUT2D eigenvalue weighted by atomic mass is 19.4. The summed E-state index contributed by atoms with van der Waals surface area (Å²) in [5.41, 5.74) is 3.12. The van der Waals surface area contributed by atoms with E-state index in [4.69, 9.17) is 4.74 Å². The molecule has 0 bridgehead atoms. The number of benzene rings is 1. The van der Waals surface area contributed by atoms with Crippen LogP contribution in [0.15, 0.2) is 42.0 Å². The van der Waals surface area contributed by atoms with Crippen LogP contribution in [0.25, 0.3) is 17.3 Å². The van der Waals surface area contributed by atoms with Crippen LogP contribution < -0.4 is 4.74 Å². The number of pyridine rings is 1. The third-order valence-electron chi connectivity index (χ3n) is 5.78. The maximum atomic E-state index is 13.5. The molecule has 7 nitrogen and oxygen atoms in total. The lowest BCUT2D eigenvalue weighted by Crippen LogP contribution is -2.36. The van der Waals surface area contributed by atoms with E-state index in [0.717, 1.165) is 18.7 Å². The molecule has 0 fully saturated rings. The number of nitrogens with zero attached hydrogens (tertiary/aromatic N) is 5. The fraction of sp³-hybridized carbons (Fsp3) is 0.250. The van der Waals surface area contributed by atoms with Gasteiger partial charge in [-0.3, -0.25) is 14.5 Å². The zero-order valence-electron chi connectivity index (χ0n) is 18.7. The van der Waals surface area contributed by atoms with Gasteiger partial charge >= 0.3 is 6.18 Å². The number of fused-ring (bicyclic) bond motifs is 1. The molecule has 2 aromatic heterocycles. The Morgan fingerprint density at radius 1 is 1.29 bits per heavy atom. The van der Waals surface area contributed by atoms with Crippen LogP contribution in [0.2, 0.25) is 0 Å². The Balaban J connectivity index is 1.66. The summed E-state index contributed by atoms with van der Waals surface area (Å²) in [6, 6.07) is 6.12. The molecule has 1 aliphatic rings. The zero-order valence-corrected chi connectivity index (χ0v) is 18.7. The van der Waals surface area contributed by atoms with Gasteiger partial charge in [0.25, 0.3) is 5.91 Å². The Labute approximate surface area is 194 Å². The summed E-state index contributed by atoms with van der Waals surface area (Å²) >= 11 is 0. The average Bonchev–Trinajstić information content (AvgIpc) is 3.16. The van der Waals surface area contributed by atoms with Crippen molar-refractivity contribution in [2.24, 2.45) is 12.0 Å². The van der Waals surface area contributed by atoms with Gasteiger partial charge in [-0.2, -0.15) is 18.3 Å². The van der Waals surface area contributed by atoms with Crippen molar-refractivity contribution in [3.63, 3.8) is 0 Å². The van der Waals surface area contributed by atoms with Gasteiger partial charge in [0.1, 0.15) is 5.56 Å². The van der Waals surface area contributed by atoms with Crippen molar-refractivity contribution in [3.8, 4) is 17.1 Å². The standard InChI is InChI=1S/C24H22F3N5O2/c1-5-14-10-15(6-7-19(14)28-2)23(33)32-9-8-17-20(13-32)30-31(3)21(17)16-11-18(24(25,26)27)22(34-4)29-12-16/h5-7,10-12H,1-2,8-9,13H2,3-4H3. The fourth-order valence-electron chi connectivity index (χ4n) is 4.18. The molecule has 0 aliphatic carbocycles. The van der Waals surface area contributed by atoms with Crippen molar-refractivity contribution in [2.45, 2.75) is 19.1 Å². The van der Waals surface area contributed by atoms with E-state index in [2.05, 4.69) is 28.4 Å². The number of aryl methyl sites for hydroxylation is 1. The smallest absolute Gasteiger partial charge is 0.421 e. The van der Waals surface area contributed by atoms with Crippen molar-refractivity contribution in [2.75, 3.05) is 13.7 Å². The third-order valence-corrected chi connectivity index (χ3v) is 5.78. The highest BCUT2D eigenvalue weighted by Crippen LogP contribution is 2.39. The monoisotopic (exact) mass is 469 g/mol. The zero-order chi connectivity index (χ0) is 24.6. The minimum Gasteiger partial charge on any atom is -0.481 e. The maximum absolute atomic E-state index is 13.5. The number of hydrogen-bond acceptors (Lipinski definition) is 5. The second-order valence-corrected chi connectivity index (χ2v) is 7.79. The van der Waals surface area contributed by atoms with E-state index in [1.807, 2.05) is 0 Å². The van der Waals surface area contributed by atoms with Crippen LogP contribution in [0.1, 0.15) is 32.7 Å². The van der Waals surface area contributed by atoms with Gasteiger partial charge in [-0.05, 0) is 37.4 Å². The van der Waals surface area contributed by atoms with E-state index in [0.29, 0.717) is 41.2 Å². The second-order valence-electron chi connectivity index (χ2n) is 7.79. The van der Waals surface area contributed by atoms with Crippen molar-refractivity contribution in [3.05, 3.63) is 65.0 Å². The van der Waals surface area contributed by atoms with Gasteiger partial charge in [-0.15, -0.1) is 0 Å². The molecule has 176 valence electrons. The van der Waals surface area contributed by atoms with Gasteiger partial charge < -0.3 is 9.64 Å². The Morgan fingerprint density at radius 3 is 2.71 bits per heavy atom. The fourth-order valence-corrected chi connectivity index (χ4v) is 4.18. The van der Waals surface area contributed by atoms with Crippen LogP contribution in [0.5, 0.6) is 5.88 Å². The van der Waals surface area contributed by atoms with E-state index >= 15 is 0 Å². The molecule has 0 radical (unpaired) electrons. The predicted molar refractivity (Wildman–Crippen MR) is 122 cm³/mol. The summed E-state index contributed by atoms with van der Waals surface area (Å²) < 4.78 is 46.8. The van der Waals surface area contributed by atoms with Crippen LogP contribution in [0, 0.1) is 0 Å². The van der Waals surface area contributed by atoms with Crippen LogP contribution >= 0.6 is 0 Å². The highest BCUT2D eigenvalue weighted by Gasteiger charge is 2.36. The lowest BCUT2D eigenvalue weighted by Gasteiger charge is -2.27. The van der Waals surface area contributed by atoms with Crippen molar-refractivity contribution in [1.29, 1.82) is 0 Å². The quantitative estimate of drug-likeness (QED) is 0.509. The molecular formula is C24H22F3N5O2. The molecule has 1 amide bonds. The van der Waals surface area contributed by atoms with Gasteiger partial charge in [0.05, 0.1) is 30.7 Å². The van der Waals surface area contributed by atoms with Gasteiger partial charge in [0, 0.05) is 42.0 Å². The first kappa shape index (κ1) is 23.2. The van der Waals surface area contributed by atoms with Gasteiger partial charge in [-0.1, -0.05) is 12.7 Å². The molecule has 0 atom stereocenters. The van der Waals surface area contributed by atoms with Crippen molar-refractivity contribution < 1.29 is 22.7 Å². The van der Waals surface area contributed by atoms with E-state index in [-0.39, 0.29) is 18.0 Å². The number of methoxy groups -OCH3 is 1. The SMILES string of the molecule is C=Cc1cc(C(=O)N2CCc3c(nn(C)c3-c3cnc(OC)c(C(F)(F)F)c3)C2)ccc1N=C. The van der Waals surface area contributed by atoms with Gasteiger partial charge in [0.2, 0.25) is 5.88 Å². The van der Waals surface area contributed by atoms with E-state index in [1.54, 1.807) is 36.2 Å². The lowest BCUT2D eigenvalue weighted by molar-refractivity contribution is -0.139. The first-order valence-corrected chi connectivity index (χ1v) is 10.4. The molecule has 34 heavy (non-hydrogen) atoms. The van der Waals surface area contributed by atoms with Crippen LogP contribution in [0.3, 0.4) is 0 Å². The normalized spacial score (nSPS) is 13.4. The van der Waals surface area contributed by atoms with E-state index in [1.165, 1.54) is 10.9 Å². The number of rotatable bonds is 5. The first-order valence-electron chi connectivity index (χ1n) is 10.4. The number of aliphatic imine (C=N–C) groups is 1. The lowest BCUT2D eigenvalue weighted by atomic mass is 9.99. The third kappa shape index (κ3) is 4.07. The predicted octanol–water partition coefficient (Wildman–Crippen LogP) is 4.68. The number of hydrogen-bond donors (Lipinski definition) is 0. The largest absolute Gasteiger partial charge is 0.481 e. The molecular weight excluding hydrogens is 447 g/mol. The Kier molecular flexibility index (Phi) is 5.99. The van der Waals surface area contributed by atoms with E-state index < -0.39 is 17.6 Å². The number of amides is 1. The summed E-state index contributed by atoms with van der Waals surface area (Å²) in [6.07, 6.45) is -1.22. The summed E-state index contributed by atoms with van der Waals surface area (Å²) in [6.45, 7) is 7.89. The molecule has 0 spiro atoms. The number of carbonyl (C=O) groups is 1. The number of halogens is 3. The van der Waals surface area contributed by atoms with Crippen LogP contribution in [-0.2, 0) is 26.2 Å². The highest BCUT2D eigenvalue weighted by molar-refractivity contribution is 5.95. The molecule has 3 aromatic rings. The number of carbonyl (C=O) groups excluding carboxylic acids is 1. The minimum atomic E-state index is -4.61. The summed E-state index contributed by atoms with van der Waals surface area (Å²) in [5, 5.41) is 4.49. The number of ether oxygens (including phenoxy) is 1. The molecule has 0 N–H and O–H groups in total.